The van der Waals surface area contributed by atoms with Crippen LogP contribution < -0.4 is 11.1 Å². The summed E-state index contributed by atoms with van der Waals surface area (Å²) < 4.78 is 0. The van der Waals surface area contributed by atoms with Crippen LogP contribution in [0, 0.1) is 5.92 Å². The topological polar surface area (TPSA) is 58.3 Å². The first-order valence-corrected chi connectivity index (χ1v) is 5.82. The van der Waals surface area contributed by atoms with Gasteiger partial charge in [0, 0.05) is 18.6 Å². The average Bonchev–Trinajstić information content (AvgIpc) is 2.26. The maximum Gasteiger partial charge on any atom is 0.0556 e. The minimum absolute atomic E-state index is 0.113. The van der Waals surface area contributed by atoms with Crippen LogP contribution in [0.1, 0.15) is 39.0 Å². The summed E-state index contributed by atoms with van der Waals surface area (Å²) in [7, 11) is 0. The minimum Gasteiger partial charge on any atom is -0.395 e. The molecule has 0 bridgehead atoms. The van der Waals surface area contributed by atoms with E-state index in [0.717, 1.165) is 5.92 Å². The molecule has 3 heteroatoms. The van der Waals surface area contributed by atoms with Gasteiger partial charge in [0.2, 0.25) is 0 Å². The molecule has 4 N–H and O–H groups in total. The highest BCUT2D eigenvalue weighted by molar-refractivity contribution is 4.94. The standard InChI is InChI=1S/C11H24N2O/c1-2-10-4-3-5-11(8-10,9-12)13-6-7-14/h10,13-14H,2-9,12H2,1H3. The van der Waals surface area contributed by atoms with Crippen molar-refractivity contribution in [3.05, 3.63) is 0 Å². The SMILES string of the molecule is CCC1CCCC(CN)(NCCO)C1. The fourth-order valence-electron chi connectivity index (χ4n) is 2.57. The van der Waals surface area contributed by atoms with Crippen LogP contribution in [-0.4, -0.2) is 30.3 Å². The first kappa shape index (κ1) is 12.0. The number of aliphatic hydroxyl groups excluding tert-OH is 1. The van der Waals surface area contributed by atoms with Gasteiger partial charge in [-0.1, -0.05) is 26.2 Å². The number of β-amino-alcohol motifs (C(OH)–C–C–N with tert-alkyl or cyclic N) is 1. The lowest BCUT2D eigenvalue weighted by Gasteiger charge is -2.41. The van der Waals surface area contributed by atoms with Gasteiger partial charge in [-0.2, -0.15) is 0 Å². The van der Waals surface area contributed by atoms with Crippen LogP contribution in [0.15, 0.2) is 0 Å². The quantitative estimate of drug-likeness (QED) is 0.617. The zero-order valence-electron chi connectivity index (χ0n) is 9.26. The maximum atomic E-state index is 8.83. The minimum atomic E-state index is 0.113. The number of rotatable bonds is 5. The third-order valence-corrected chi connectivity index (χ3v) is 3.53. The largest absolute Gasteiger partial charge is 0.395 e. The molecule has 0 amide bonds. The Morgan fingerprint density at radius 1 is 1.57 bits per heavy atom. The fraction of sp³-hybridized carbons (Fsp3) is 1.00. The van der Waals surface area contributed by atoms with Crippen LogP contribution in [0.5, 0.6) is 0 Å². The first-order chi connectivity index (χ1) is 6.76. The number of hydrogen-bond donors (Lipinski definition) is 3. The molecule has 84 valence electrons. The lowest BCUT2D eigenvalue weighted by Crippen LogP contribution is -2.54. The summed E-state index contributed by atoms with van der Waals surface area (Å²) in [4.78, 5) is 0. The Hall–Kier alpha value is -0.120. The predicted molar refractivity (Wildman–Crippen MR) is 59.1 cm³/mol. The lowest BCUT2D eigenvalue weighted by molar-refractivity contribution is 0.167. The molecule has 0 heterocycles. The third-order valence-electron chi connectivity index (χ3n) is 3.53. The number of nitrogens with one attached hydrogen (secondary N) is 1. The fourth-order valence-corrected chi connectivity index (χ4v) is 2.57. The highest BCUT2D eigenvalue weighted by Gasteiger charge is 2.33. The molecule has 2 atom stereocenters. The van der Waals surface area contributed by atoms with Crippen molar-refractivity contribution in [2.24, 2.45) is 11.7 Å². The van der Waals surface area contributed by atoms with Crippen LogP contribution in [0.3, 0.4) is 0 Å². The van der Waals surface area contributed by atoms with Gasteiger partial charge in [-0.3, -0.25) is 0 Å². The second kappa shape index (κ2) is 5.69. The van der Waals surface area contributed by atoms with Gasteiger partial charge in [0.25, 0.3) is 0 Å². The van der Waals surface area contributed by atoms with Gasteiger partial charge in [0.05, 0.1) is 6.61 Å². The van der Waals surface area contributed by atoms with Crippen LogP contribution in [0.2, 0.25) is 0 Å². The van der Waals surface area contributed by atoms with E-state index in [-0.39, 0.29) is 12.1 Å². The van der Waals surface area contributed by atoms with Crippen molar-refractivity contribution in [2.45, 2.75) is 44.6 Å². The molecule has 14 heavy (non-hydrogen) atoms. The molecule has 1 fully saturated rings. The summed E-state index contributed by atoms with van der Waals surface area (Å²) in [6.45, 7) is 3.83. The molecule has 1 aliphatic rings. The van der Waals surface area contributed by atoms with Gasteiger partial charge in [0.1, 0.15) is 0 Å². The molecule has 1 rings (SSSR count). The summed E-state index contributed by atoms with van der Waals surface area (Å²) in [6, 6.07) is 0. The molecule has 0 aliphatic heterocycles. The molecular weight excluding hydrogens is 176 g/mol. The molecule has 3 nitrogen and oxygen atoms in total. The predicted octanol–water partition coefficient (Wildman–Crippen LogP) is 0.866. The van der Waals surface area contributed by atoms with E-state index in [2.05, 4.69) is 12.2 Å². The molecule has 0 aromatic heterocycles. The van der Waals surface area contributed by atoms with Crippen molar-refractivity contribution in [1.29, 1.82) is 0 Å². The van der Waals surface area contributed by atoms with Crippen molar-refractivity contribution < 1.29 is 5.11 Å². The second-order valence-corrected chi connectivity index (χ2v) is 4.51. The van der Waals surface area contributed by atoms with E-state index in [4.69, 9.17) is 10.8 Å². The van der Waals surface area contributed by atoms with Crippen molar-refractivity contribution in [2.75, 3.05) is 19.7 Å². The smallest absolute Gasteiger partial charge is 0.0556 e. The van der Waals surface area contributed by atoms with E-state index in [1.54, 1.807) is 0 Å². The van der Waals surface area contributed by atoms with Crippen molar-refractivity contribution in [3.8, 4) is 0 Å². The summed E-state index contributed by atoms with van der Waals surface area (Å²) in [6.07, 6.45) is 6.22. The molecule has 1 saturated carbocycles. The number of hydrogen-bond acceptors (Lipinski definition) is 3. The number of aliphatic hydroxyl groups is 1. The van der Waals surface area contributed by atoms with Gasteiger partial charge >= 0.3 is 0 Å². The summed E-state index contributed by atoms with van der Waals surface area (Å²) in [5, 5.41) is 12.3. The summed E-state index contributed by atoms with van der Waals surface area (Å²) >= 11 is 0. The van der Waals surface area contributed by atoms with E-state index in [1.165, 1.54) is 32.1 Å². The second-order valence-electron chi connectivity index (χ2n) is 4.51. The Morgan fingerprint density at radius 3 is 2.93 bits per heavy atom. The molecule has 0 spiro atoms. The van der Waals surface area contributed by atoms with E-state index >= 15 is 0 Å². The Morgan fingerprint density at radius 2 is 2.36 bits per heavy atom. The normalized spacial score (nSPS) is 33.2. The van der Waals surface area contributed by atoms with Crippen LogP contribution in [0.25, 0.3) is 0 Å². The average molecular weight is 200 g/mol. The molecule has 1 aliphatic carbocycles. The summed E-state index contributed by atoms with van der Waals surface area (Å²) in [5.41, 5.74) is 5.96. The van der Waals surface area contributed by atoms with Gasteiger partial charge in [-0.15, -0.1) is 0 Å². The lowest BCUT2D eigenvalue weighted by atomic mass is 9.74. The van der Waals surface area contributed by atoms with E-state index in [1.807, 2.05) is 0 Å². The highest BCUT2D eigenvalue weighted by atomic mass is 16.3. The van der Waals surface area contributed by atoms with Crippen LogP contribution >= 0.6 is 0 Å². The zero-order chi connectivity index (χ0) is 10.4. The molecule has 2 unspecified atom stereocenters. The summed E-state index contributed by atoms with van der Waals surface area (Å²) in [5.74, 6) is 0.818. The zero-order valence-corrected chi connectivity index (χ0v) is 9.26. The Balaban J connectivity index is 2.49. The molecule has 0 saturated heterocycles. The maximum absolute atomic E-state index is 8.83. The first-order valence-electron chi connectivity index (χ1n) is 5.82. The Kier molecular flexibility index (Phi) is 4.85. The third kappa shape index (κ3) is 2.94. The Bertz CT molecular complexity index is 163. The van der Waals surface area contributed by atoms with Gasteiger partial charge in [-0.05, 0) is 18.8 Å². The van der Waals surface area contributed by atoms with Crippen molar-refractivity contribution in [1.82, 2.24) is 5.32 Å². The molecule has 0 aromatic rings. The molecular formula is C11H24N2O. The molecule has 0 aromatic carbocycles. The van der Waals surface area contributed by atoms with Crippen LogP contribution in [-0.2, 0) is 0 Å². The van der Waals surface area contributed by atoms with Gasteiger partial charge in [-0.25, -0.2) is 0 Å². The number of nitrogens with two attached hydrogens (primary N) is 1. The van der Waals surface area contributed by atoms with Crippen LogP contribution in [0.4, 0.5) is 0 Å². The van der Waals surface area contributed by atoms with E-state index in [0.29, 0.717) is 13.1 Å². The van der Waals surface area contributed by atoms with E-state index < -0.39 is 0 Å². The monoisotopic (exact) mass is 200 g/mol. The highest BCUT2D eigenvalue weighted by Crippen LogP contribution is 2.33. The van der Waals surface area contributed by atoms with Crippen molar-refractivity contribution in [3.63, 3.8) is 0 Å². The van der Waals surface area contributed by atoms with Gasteiger partial charge in [0.15, 0.2) is 0 Å². The molecule has 0 radical (unpaired) electrons. The Labute approximate surface area is 87.1 Å². The van der Waals surface area contributed by atoms with Gasteiger partial charge < -0.3 is 16.2 Å². The van der Waals surface area contributed by atoms with Crippen molar-refractivity contribution >= 4 is 0 Å². The van der Waals surface area contributed by atoms with E-state index in [9.17, 15) is 0 Å².